The summed E-state index contributed by atoms with van der Waals surface area (Å²) in [6.07, 6.45) is 3.56. The Labute approximate surface area is 210 Å². The van der Waals surface area contributed by atoms with E-state index in [0.29, 0.717) is 23.5 Å². The fraction of sp³-hybridized carbons (Fsp3) is 0.370. The van der Waals surface area contributed by atoms with Crippen LogP contribution in [0, 0.1) is 20.8 Å². The second-order valence-electron chi connectivity index (χ2n) is 9.03. The molecular weight excluding hydrogens is 462 g/mol. The van der Waals surface area contributed by atoms with E-state index in [1.165, 1.54) is 5.56 Å². The Kier molecular flexibility index (Phi) is 7.76. The lowest BCUT2D eigenvalue weighted by molar-refractivity contribution is -0.123. The fourth-order valence-electron chi connectivity index (χ4n) is 4.07. The van der Waals surface area contributed by atoms with Crippen molar-refractivity contribution in [1.29, 1.82) is 0 Å². The van der Waals surface area contributed by atoms with Crippen molar-refractivity contribution in [2.45, 2.75) is 65.9 Å². The number of rotatable bonds is 10. The highest BCUT2D eigenvalue weighted by atomic mass is 35.5. The molecule has 0 saturated carbocycles. The number of nitrogens with one attached hydrogen (secondary N) is 2. The molecule has 0 aliphatic carbocycles. The number of halogens is 1. The van der Waals surface area contributed by atoms with E-state index < -0.39 is 6.10 Å². The Bertz CT molecular complexity index is 1310. The summed E-state index contributed by atoms with van der Waals surface area (Å²) < 4.78 is 7.98. The van der Waals surface area contributed by atoms with E-state index in [2.05, 4.69) is 33.6 Å². The maximum absolute atomic E-state index is 13.1. The van der Waals surface area contributed by atoms with E-state index in [1.54, 1.807) is 0 Å². The molecule has 7 nitrogen and oxygen atoms in total. The molecule has 1 amide bonds. The highest BCUT2D eigenvalue weighted by Crippen LogP contribution is 2.23. The van der Waals surface area contributed by atoms with E-state index in [1.807, 2.05) is 61.7 Å². The highest BCUT2D eigenvalue weighted by molar-refractivity contribution is 6.34. The number of unbranched alkanes of at least 4 members (excludes halogenated alkanes) is 1. The van der Waals surface area contributed by atoms with Crippen LogP contribution < -0.4 is 10.1 Å². The van der Waals surface area contributed by atoms with Gasteiger partial charge in [0.1, 0.15) is 10.8 Å². The average Bonchev–Trinajstić information content (AvgIpc) is 3.36. The second-order valence-corrected chi connectivity index (χ2v) is 9.41. The topological polar surface area (TPSA) is 84.3 Å². The number of H-pyrrole nitrogens is 1. The number of carbonyl (C=O) groups is 1. The first-order chi connectivity index (χ1) is 16.9. The Morgan fingerprint density at radius 1 is 1.11 bits per heavy atom. The van der Waals surface area contributed by atoms with Gasteiger partial charge in [-0.2, -0.15) is 0 Å². The predicted octanol–water partition coefficient (Wildman–Crippen LogP) is 6.00. The smallest absolute Gasteiger partial charge is 0.265 e. The van der Waals surface area contributed by atoms with Gasteiger partial charge >= 0.3 is 0 Å². The van der Waals surface area contributed by atoms with Gasteiger partial charge in [0.2, 0.25) is 0 Å². The lowest BCUT2D eigenvalue weighted by atomic mass is 10.1. The van der Waals surface area contributed by atoms with Crippen molar-refractivity contribution >= 4 is 28.8 Å². The van der Waals surface area contributed by atoms with Gasteiger partial charge in [-0.25, -0.2) is 4.52 Å². The summed E-state index contributed by atoms with van der Waals surface area (Å²) in [6, 6.07) is 13.9. The Morgan fingerprint density at radius 2 is 1.89 bits per heavy atom. The second kappa shape index (κ2) is 11.0. The zero-order chi connectivity index (χ0) is 24.9. The van der Waals surface area contributed by atoms with E-state index in [0.717, 1.165) is 53.3 Å². The zero-order valence-corrected chi connectivity index (χ0v) is 21.4. The maximum Gasteiger partial charge on any atom is 0.265 e. The first-order valence-corrected chi connectivity index (χ1v) is 12.4. The summed E-state index contributed by atoms with van der Waals surface area (Å²) in [5.41, 5.74) is 5.62. The van der Waals surface area contributed by atoms with E-state index in [4.69, 9.17) is 16.3 Å². The number of ether oxygens (including phenoxy) is 1. The van der Waals surface area contributed by atoms with Gasteiger partial charge in [0.25, 0.3) is 5.91 Å². The lowest BCUT2D eigenvalue weighted by Gasteiger charge is -2.20. The summed E-state index contributed by atoms with van der Waals surface area (Å²) in [6.45, 7) is 8.07. The number of anilines is 1. The summed E-state index contributed by atoms with van der Waals surface area (Å²) in [5.74, 6) is 1.45. The number of nitrogens with zero attached hydrogens (tertiary/aromatic N) is 3. The minimum atomic E-state index is -0.539. The third-order valence-electron chi connectivity index (χ3n) is 6.11. The zero-order valence-electron chi connectivity index (χ0n) is 20.7. The number of hydrogen-bond donors (Lipinski definition) is 2. The van der Waals surface area contributed by atoms with Crippen LogP contribution in [0.3, 0.4) is 0 Å². The van der Waals surface area contributed by atoms with Crippen LogP contribution in [-0.2, 0) is 17.6 Å². The van der Waals surface area contributed by atoms with Crippen molar-refractivity contribution < 1.29 is 9.53 Å². The van der Waals surface area contributed by atoms with Gasteiger partial charge in [0, 0.05) is 12.1 Å². The van der Waals surface area contributed by atoms with Gasteiger partial charge in [-0.1, -0.05) is 54.8 Å². The number of aromatic nitrogens is 4. The molecule has 8 heteroatoms. The molecule has 2 N–H and O–H groups in total. The van der Waals surface area contributed by atoms with Gasteiger partial charge < -0.3 is 10.1 Å². The molecule has 2 aromatic carbocycles. The molecule has 4 aromatic rings. The summed E-state index contributed by atoms with van der Waals surface area (Å²) in [5, 5.41) is 15.2. The van der Waals surface area contributed by atoms with Crippen LogP contribution in [0.25, 0.3) is 5.65 Å². The Morgan fingerprint density at radius 3 is 2.60 bits per heavy atom. The number of amides is 1. The highest BCUT2D eigenvalue weighted by Gasteiger charge is 2.21. The summed E-state index contributed by atoms with van der Waals surface area (Å²) in [4.78, 5) is 13.1. The van der Waals surface area contributed by atoms with Crippen molar-refractivity contribution in [2.75, 3.05) is 5.32 Å². The Hall–Kier alpha value is -3.32. The SMILES string of the molecule is CCCCC(Oc1ccc(C)cc1C)C(=O)Nc1ccc(CCc2nnc3c(Cl)c(C)[nH]n23)cc1. The molecule has 35 heavy (non-hydrogen) atoms. The number of fused-ring (bicyclic) bond motifs is 1. The monoisotopic (exact) mass is 493 g/mol. The van der Waals surface area contributed by atoms with Crippen molar-refractivity contribution in [1.82, 2.24) is 19.8 Å². The normalized spacial score (nSPS) is 12.1. The standard InChI is InChI=1S/C27H32ClN5O2/c1-5-6-7-23(35-22-14-8-17(2)16-18(22)3)27(34)29-21-12-9-20(10-13-21)11-15-24-30-31-26-25(28)19(4)32-33(24)26/h8-10,12-14,16,23,32H,5-7,11,15H2,1-4H3,(H,29,34). The minimum Gasteiger partial charge on any atom is -0.480 e. The van der Waals surface area contributed by atoms with E-state index >= 15 is 0 Å². The molecule has 0 radical (unpaired) electrons. The fourth-order valence-corrected chi connectivity index (χ4v) is 4.24. The largest absolute Gasteiger partial charge is 0.480 e. The quantitative estimate of drug-likeness (QED) is 0.284. The van der Waals surface area contributed by atoms with Crippen LogP contribution in [-0.4, -0.2) is 31.8 Å². The van der Waals surface area contributed by atoms with Gasteiger partial charge in [-0.15, -0.1) is 10.2 Å². The molecular formula is C27H32ClN5O2. The first kappa shape index (κ1) is 24.8. The summed E-state index contributed by atoms with van der Waals surface area (Å²) in [7, 11) is 0. The maximum atomic E-state index is 13.1. The molecule has 184 valence electrons. The molecule has 0 bridgehead atoms. The molecule has 0 aliphatic rings. The predicted molar refractivity (Wildman–Crippen MR) is 139 cm³/mol. The number of aryl methyl sites for hydroxylation is 5. The molecule has 1 atom stereocenters. The van der Waals surface area contributed by atoms with Crippen LogP contribution in [0.4, 0.5) is 5.69 Å². The van der Waals surface area contributed by atoms with Crippen molar-refractivity contribution in [3.63, 3.8) is 0 Å². The third-order valence-corrected chi connectivity index (χ3v) is 6.56. The number of benzene rings is 2. The molecule has 0 fully saturated rings. The van der Waals surface area contributed by atoms with Gasteiger partial charge in [-0.3, -0.25) is 9.89 Å². The van der Waals surface area contributed by atoms with Crippen molar-refractivity contribution in [3.05, 3.63) is 75.7 Å². The van der Waals surface area contributed by atoms with Crippen LogP contribution >= 0.6 is 11.6 Å². The molecule has 2 heterocycles. The Balaban J connectivity index is 1.38. The summed E-state index contributed by atoms with van der Waals surface area (Å²) >= 11 is 6.24. The molecule has 2 aromatic heterocycles. The molecule has 0 spiro atoms. The first-order valence-electron chi connectivity index (χ1n) is 12.1. The molecule has 0 aliphatic heterocycles. The van der Waals surface area contributed by atoms with Crippen LogP contribution in [0.5, 0.6) is 5.75 Å². The third kappa shape index (κ3) is 5.85. The van der Waals surface area contributed by atoms with Crippen molar-refractivity contribution in [3.8, 4) is 5.75 Å². The van der Waals surface area contributed by atoms with Gasteiger partial charge in [0.15, 0.2) is 17.6 Å². The number of hydrogen-bond acceptors (Lipinski definition) is 4. The van der Waals surface area contributed by atoms with Gasteiger partial charge in [0.05, 0.1) is 5.69 Å². The molecule has 1 unspecified atom stereocenters. The van der Waals surface area contributed by atoms with E-state index in [9.17, 15) is 4.79 Å². The molecule has 4 rings (SSSR count). The number of carbonyl (C=O) groups excluding carboxylic acids is 1. The van der Waals surface area contributed by atoms with Gasteiger partial charge in [-0.05, 0) is 69.4 Å². The average molecular weight is 494 g/mol. The van der Waals surface area contributed by atoms with Crippen LogP contribution in [0.2, 0.25) is 5.02 Å². The van der Waals surface area contributed by atoms with E-state index in [-0.39, 0.29) is 5.91 Å². The van der Waals surface area contributed by atoms with Crippen LogP contribution in [0.1, 0.15) is 54.4 Å². The van der Waals surface area contributed by atoms with Crippen molar-refractivity contribution in [2.24, 2.45) is 0 Å². The number of aromatic amines is 1. The minimum absolute atomic E-state index is 0.129. The van der Waals surface area contributed by atoms with Crippen LogP contribution in [0.15, 0.2) is 42.5 Å². The lowest BCUT2D eigenvalue weighted by Crippen LogP contribution is -2.33. The molecule has 0 saturated heterocycles.